The molecule has 0 heteroatoms. The van der Waals surface area contributed by atoms with Crippen molar-refractivity contribution in [3.63, 3.8) is 0 Å². The summed E-state index contributed by atoms with van der Waals surface area (Å²) < 4.78 is 0. The number of hydrogen-bond donors (Lipinski definition) is 0. The van der Waals surface area contributed by atoms with Gasteiger partial charge in [0.05, 0.1) is 0 Å². The molecular formula is C25H40. The Kier molecular flexibility index (Phi) is 7.44. The molecule has 0 aromatic carbocycles. The first-order valence-corrected chi connectivity index (χ1v) is 11.2. The summed E-state index contributed by atoms with van der Waals surface area (Å²) in [5.41, 5.74) is 0. The molecule has 0 radical (unpaired) electrons. The quantitative estimate of drug-likeness (QED) is 0.449. The Hall–Kier alpha value is -0.780. The van der Waals surface area contributed by atoms with Gasteiger partial charge in [-0.2, -0.15) is 0 Å². The molecule has 0 nitrogen and oxygen atoms in total. The van der Waals surface area contributed by atoms with Crippen LogP contribution in [-0.2, 0) is 0 Å². The van der Waals surface area contributed by atoms with Gasteiger partial charge in [-0.25, -0.2) is 0 Å². The lowest BCUT2D eigenvalue weighted by atomic mass is 9.78. The van der Waals surface area contributed by atoms with Crippen LogP contribution in [-0.4, -0.2) is 0 Å². The average molecular weight is 341 g/mol. The molecule has 3 aliphatic carbocycles. The molecule has 0 amide bonds. The van der Waals surface area contributed by atoms with Gasteiger partial charge in [0.2, 0.25) is 0 Å². The van der Waals surface area contributed by atoms with E-state index in [-0.39, 0.29) is 0 Å². The third kappa shape index (κ3) is 6.15. The first-order valence-electron chi connectivity index (χ1n) is 11.2. The summed E-state index contributed by atoms with van der Waals surface area (Å²) in [6, 6.07) is 0. The molecule has 3 fully saturated rings. The molecule has 0 bridgehead atoms. The van der Waals surface area contributed by atoms with Crippen LogP contribution in [0.2, 0.25) is 0 Å². The van der Waals surface area contributed by atoms with Crippen LogP contribution in [0, 0.1) is 35.5 Å². The summed E-state index contributed by atoms with van der Waals surface area (Å²) in [4.78, 5) is 0. The predicted molar refractivity (Wildman–Crippen MR) is 110 cm³/mol. The molecule has 0 aromatic rings. The molecule has 0 heterocycles. The number of allylic oxidation sites excluding steroid dienone is 5. The fraction of sp³-hybridized carbons (Fsp3) is 0.760. The summed E-state index contributed by atoms with van der Waals surface area (Å²) in [7, 11) is 0. The second-order valence-corrected chi connectivity index (χ2v) is 9.38. The van der Waals surface area contributed by atoms with E-state index in [0.29, 0.717) is 0 Å². The van der Waals surface area contributed by atoms with Crippen molar-refractivity contribution in [3.8, 4) is 0 Å². The van der Waals surface area contributed by atoms with Crippen molar-refractivity contribution < 1.29 is 0 Å². The second kappa shape index (κ2) is 9.79. The largest absolute Gasteiger partial charge is 0.103 e. The Morgan fingerprint density at radius 3 is 1.08 bits per heavy atom. The van der Waals surface area contributed by atoms with Crippen LogP contribution in [0.25, 0.3) is 0 Å². The summed E-state index contributed by atoms with van der Waals surface area (Å²) in [6.45, 7) is 6.38. The van der Waals surface area contributed by atoms with E-state index in [4.69, 9.17) is 0 Å². The highest BCUT2D eigenvalue weighted by molar-refractivity contribution is 5.00. The van der Waals surface area contributed by atoms with Crippen LogP contribution in [0.4, 0.5) is 0 Å². The maximum atomic E-state index is 3.96. The summed E-state index contributed by atoms with van der Waals surface area (Å²) in [6.07, 6.45) is 29.4. The van der Waals surface area contributed by atoms with Crippen LogP contribution in [0.15, 0.2) is 37.0 Å². The van der Waals surface area contributed by atoms with Gasteiger partial charge in [0.15, 0.2) is 0 Å². The Bertz CT molecular complexity index is 433. The molecule has 0 unspecified atom stereocenters. The van der Waals surface area contributed by atoms with E-state index >= 15 is 0 Å². The van der Waals surface area contributed by atoms with Gasteiger partial charge in [-0.3, -0.25) is 0 Å². The maximum Gasteiger partial charge on any atom is -0.0233 e. The van der Waals surface area contributed by atoms with Crippen LogP contribution >= 0.6 is 0 Å². The van der Waals surface area contributed by atoms with Crippen molar-refractivity contribution in [2.24, 2.45) is 35.5 Å². The topological polar surface area (TPSA) is 0 Å². The highest BCUT2D eigenvalue weighted by atomic mass is 14.3. The van der Waals surface area contributed by atoms with E-state index in [1.807, 2.05) is 0 Å². The Labute approximate surface area is 156 Å². The van der Waals surface area contributed by atoms with Gasteiger partial charge in [0, 0.05) is 0 Å². The van der Waals surface area contributed by atoms with E-state index < -0.39 is 0 Å². The van der Waals surface area contributed by atoms with Crippen molar-refractivity contribution in [1.82, 2.24) is 0 Å². The van der Waals surface area contributed by atoms with Crippen LogP contribution in [0.5, 0.6) is 0 Å². The Morgan fingerprint density at radius 2 is 0.760 bits per heavy atom. The van der Waals surface area contributed by atoms with Gasteiger partial charge >= 0.3 is 0 Å². The molecule has 0 aromatic heterocycles. The van der Waals surface area contributed by atoms with Gasteiger partial charge in [0.1, 0.15) is 0 Å². The summed E-state index contributed by atoms with van der Waals surface area (Å²) >= 11 is 0. The molecule has 0 saturated heterocycles. The van der Waals surface area contributed by atoms with E-state index in [1.54, 1.807) is 0 Å². The number of hydrogen-bond acceptors (Lipinski definition) is 0. The molecule has 0 atom stereocenters. The summed E-state index contributed by atoms with van der Waals surface area (Å²) in [5.74, 6) is 5.23. The molecule has 0 spiro atoms. The normalized spacial score (nSPS) is 40.5. The lowest BCUT2D eigenvalue weighted by Crippen LogP contribution is -2.14. The second-order valence-electron chi connectivity index (χ2n) is 9.38. The van der Waals surface area contributed by atoms with Crippen molar-refractivity contribution in [1.29, 1.82) is 0 Å². The van der Waals surface area contributed by atoms with E-state index in [1.165, 1.54) is 77.0 Å². The smallest absolute Gasteiger partial charge is 0.0233 e. The molecule has 3 aliphatic rings. The van der Waals surface area contributed by atoms with Crippen molar-refractivity contribution in [2.45, 2.75) is 84.0 Å². The fourth-order valence-electron chi connectivity index (χ4n) is 5.21. The molecule has 3 rings (SSSR count). The number of rotatable bonds is 5. The lowest BCUT2D eigenvalue weighted by molar-refractivity contribution is 0.324. The van der Waals surface area contributed by atoms with Crippen LogP contribution < -0.4 is 0 Å². The Morgan fingerprint density at radius 1 is 0.480 bits per heavy atom. The van der Waals surface area contributed by atoms with Gasteiger partial charge in [0.25, 0.3) is 0 Å². The van der Waals surface area contributed by atoms with Gasteiger partial charge < -0.3 is 0 Å². The van der Waals surface area contributed by atoms with Crippen molar-refractivity contribution >= 4 is 0 Å². The van der Waals surface area contributed by atoms with E-state index in [9.17, 15) is 0 Å². The predicted octanol–water partition coefficient (Wildman–Crippen LogP) is 7.72. The van der Waals surface area contributed by atoms with Crippen molar-refractivity contribution in [2.75, 3.05) is 0 Å². The zero-order chi connectivity index (χ0) is 17.5. The fourth-order valence-corrected chi connectivity index (χ4v) is 5.21. The van der Waals surface area contributed by atoms with Gasteiger partial charge in [-0.15, -0.1) is 6.58 Å². The zero-order valence-corrected chi connectivity index (χ0v) is 16.5. The Balaban J connectivity index is 1.34. The highest BCUT2D eigenvalue weighted by Gasteiger charge is 2.21. The molecule has 140 valence electrons. The third-order valence-corrected chi connectivity index (χ3v) is 7.34. The van der Waals surface area contributed by atoms with Crippen molar-refractivity contribution in [3.05, 3.63) is 37.0 Å². The summed E-state index contributed by atoms with van der Waals surface area (Å²) in [5, 5.41) is 0. The monoisotopic (exact) mass is 340 g/mol. The molecule has 3 saturated carbocycles. The first kappa shape index (κ1) is 19.0. The molecule has 0 N–H and O–H groups in total. The van der Waals surface area contributed by atoms with Crippen LogP contribution in [0.1, 0.15) is 84.0 Å². The average Bonchev–Trinajstić information content (AvgIpc) is 2.67. The minimum atomic E-state index is 0.791. The zero-order valence-electron chi connectivity index (χ0n) is 16.5. The molecule has 25 heavy (non-hydrogen) atoms. The third-order valence-electron chi connectivity index (χ3n) is 7.34. The molecular weight excluding hydrogens is 300 g/mol. The van der Waals surface area contributed by atoms with Gasteiger partial charge in [-0.05, 0) is 99.7 Å². The minimum Gasteiger partial charge on any atom is -0.103 e. The van der Waals surface area contributed by atoms with E-state index in [0.717, 1.165) is 35.5 Å². The first-order chi connectivity index (χ1) is 12.2. The molecule has 0 aliphatic heterocycles. The van der Waals surface area contributed by atoms with Gasteiger partial charge in [-0.1, -0.05) is 50.1 Å². The highest BCUT2D eigenvalue weighted by Crippen LogP contribution is 2.35. The maximum absolute atomic E-state index is 3.96. The SMILES string of the molecule is C=CC1CCC(/C=C/C2CCC(/C=C/C3CCC(C)CC3)CC2)CC1. The minimum absolute atomic E-state index is 0.791. The standard InChI is InChI=1S/C25H40/c1-3-21-8-10-23(11-9-21)14-15-25-18-16-24(17-19-25)13-12-22-6-4-20(2)5-7-22/h3,12-15,20-25H,1,4-11,16-19H2,2H3/b13-12+,15-14+. The lowest BCUT2D eigenvalue weighted by Gasteiger charge is -2.28. The van der Waals surface area contributed by atoms with Crippen LogP contribution in [0.3, 0.4) is 0 Å². The van der Waals surface area contributed by atoms with E-state index in [2.05, 4.69) is 43.9 Å².